The van der Waals surface area contributed by atoms with E-state index in [-0.39, 0.29) is 17.7 Å². The van der Waals surface area contributed by atoms with Gasteiger partial charge >= 0.3 is 0 Å². The molecular formula is C20H29N5O4S. The molecule has 0 aromatic carbocycles. The number of carboxylic acid groups (broad SMARTS) is 1. The molecule has 1 aromatic rings. The molecule has 10 heteroatoms. The zero-order valence-electron chi connectivity index (χ0n) is 17.6. The Balaban J connectivity index is 0.000000503. The lowest BCUT2D eigenvalue weighted by molar-refractivity contribution is -0.137. The van der Waals surface area contributed by atoms with Crippen LogP contribution >= 0.6 is 11.3 Å². The van der Waals surface area contributed by atoms with Gasteiger partial charge in [0.2, 0.25) is 16.9 Å². The third-order valence-corrected chi connectivity index (χ3v) is 7.90. The van der Waals surface area contributed by atoms with E-state index >= 15 is 0 Å². The molecule has 4 aliphatic heterocycles. The first kappa shape index (κ1) is 21.2. The summed E-state index contributed by atoms with van der Waals surface area (Å²) >= 11 is 1.46. The monoisotopic (exact) mass is 435 g/mol. The quantitative estimate of drug-likeness (QED) is 0.735. The minimum atomic E-state index is -0.833. The molecule has 4 fully saturated rings. The van der Waals surface area contributed by atoms with Crippen molar-refractivity contribution in [1.82, 2.24) is 20.4 Å². The second-order valence-electron chi connectivity index (χ2n) is 8.95. The van der Waals surface area contributed by atoms with E-state index in [0.29, 0.717) is 47.9 Å². The summed E-state index contributed by atoms with van der Waals surface area (Å²) in [6.07, 6.45) is 2.55. The number of hydrogen-bond donors (Lipinski definition) is 2. The van der Waals surface area contributed by atoms with Gasteiger partial charge in [-0.25, -0.2) is 0 Å². The van der Waals surface area contributed by atoms with Crippen molar-refractivity contribution in [1.29, 1.82) is 0 Å². The standard InChI is InChI=1S/C18H25N5O2S.C2H4O2/c1-9(2)16-20-21-18(26-16)22-8-10(5-15(22)24)17(25)23-13-3-4-14(23)12-7-19-6-11(12)13;1-2(3)4/h9-14,19H,3-8H2,1-2H3;1H3,(H,3,4)/t10?,11-,12+,13-,14+;. The maximum absolute atomic E-state index is 13.3. The van der Waals surface area contributed by atoms with Crippen LogP contribution in [-0.2, 0) is 14.4 Å². The van der Waals surface area contributed by atoms with Crippen molar-refractivity contribution in [3.8, 4) is 0 Å². The highest BCUT2D eigenvalue weighted by Crippen LogP contribution is 2.48. The number of hydrogen-bond acceptors (Lipinski definition) is 7. The van der Waals surface area contributed by atoms with E-state index in [4.69, 9.17) is 9.90 Å². The molecule has 0 radical (unpaired) electrons. The van der Waals surface area contributed by atoms with Gasteiger partial charge in [-0.1, -0.05) is 25.2 Å². The number of carbonyl (C=O) groups is 3. The fraction of sp³-hybridized carbons (Fsp3) is 0.750. The van der Waals surface area contributed by atoms with Gasteiger partial charge in [0.15, 0.2) is 0 Å². The summed E-state index contributed by atoms with van der Waals surface area (Å²) in [4.78, 5) is 38.6. The van der Waals surface area contributed by atoms with Crippen molar-refractivity contribution in [3.63, 3.8) is 0 Å². The van der Waals surface area contributed by atoms with Crippen LogP contribution in [0.1, 0.15) is 51.0 Å². The highest BCUT2D eigenvalue weighted by atomic mass is 32.1. The molecule has 5 rings (SSSR count). The van der Waals surface area contributed by atoms with Crippen LogP contribution in [0.2, 0.25) is 0 Å². The van der Waals surface area contributed by atoms with Gasteiger partial charge in [0.05, 0.1) is 5.92 Å². The summed E-state index contributed by atoms with van der Waals surface area (Å²) in [5, 5.41) is 20.9. The molecule has 2 N–H and O–H groups in total. The van der Waals surface area contributed by atoms with Crippen molar-refractivity contribution in [2.75, 3.05) is 24.5 Å². The van der Waals surface area contributed by atoms with Crippen LogP contribution in [0.15, 0.2) is 0 Å². The number of anilines is 1. The molecule has 0 spiro atoms. The first-order valence-corrected chi connectivity index (χ1v) is 11.5. The van der Waals surface area contributed by atoms with Crippen LogP contribution in [0, 0.1) is 17.8 Å². The third-order valence-electron chi connectivity index (χ3n) is 6.65. The van der Waals surface area contributed by atoms with Crippen LogP contribution in [0.4, 0.5) is 5.13 Å². The average Bonchev–Trinajstić information content (AvgIpc) is 3.45. The number of carbonyl (C=O) groups excluding carboxylic acids is 2. The fourth-order valence-corrected chi connectivity index (χ4v) is 6.31. The second-order valence-corrected chi connectivity index (χ2v) is 9.93. The molecule has 0 saturated carbocycles. The number of rotatable bonds is 3. The number of nitrogens with one attached hydrogen (secondary N) is 1. The molecule has 1 unspecified atom stereocenters. The average molecular weight is 436 g/mol. The van der Waals surface area contributed by atoms with Crippen molar-refractivity contribution in [2.45, 2.75) is 58.0 Å². The smallest absolute Gasteiger partial charge is 0.300 e. The predicted molar refractivity (Wildman–Crippen MR) is 111 cm³/mol. The van der Waals surface area contributed by atoms with Gasteiger partial charge in [-0.3, -0.25) is 19.3 Å². The van der Waals surface area contributed by atoms with Gasteiger partial charge in [0, 0.05) is 51.0 Å². The molecule has 5 heterocycles. The number of amides is 2. The van der Waals surface area contributed by atoms with E-state index in [1.54, 1.807) is 4.90 Å². The van der Waals surface area contributed by atoms with Crippen molar-refractivity contribution < 1.29 is 19.5 Å². The third kappa shape index (κ3) is 3.71. The molecule has 30 heavy (non-hydrogen) atoms. The summed E-state index contributed by atoms with van der Waals surface area (Å²) in [6.45, 7) is 7.74. The lowest BCUT2D eigenvalue weighted by Crippen LogP contribution is -2.43. The lowest BCUT2D eigenvalue weighted by atomic mass is 9.82. The number of aliphatic carboxylic acids is 1. The molecule has 2 amide bonds. The Bertz CT molecular complexity index is 821. The number of aromatic nitrogens is 2. The maximum atomic E-state index is 13.3. The minimum Gasteiger partial charge on any atom is -0.481 e. The summed E-state index contributed by atoms with van der Waals surface area (Å²) < 4.78 is 0. The van der Waals surface area contributed by atoms with E-state index in [1.165, 1.54) is 11.3 Å². The highest BCUT2D eigenvalue weighted by molar-refractivity contribution is 7.15. The van der Waals surface area contributed by atoms with Gasteiger partial charge in [-0.15, -0.1) is 10.2 Å². The van der Waals surface area contributed by atoms with Crippen molar-refractivity contribution in [2.24, 2.45) is 17.8 Å². The summed E-state index contributed by atoms with van der Waals surface area (Å²) in [6, 6.07) is 0.761. The summed E-state index contributed by atoms with van der Waals surface area (Å²) in [5.41, 5.74) is 0. The first-order valence-electron chi connectivity index (χ1n) is 10.6. The van der Waals surface area contributed by atoms with Crippen LogP contribution in [0.25, 0.3) is 0 Å². The summed E-state index contributed by atoms with van der Waals surface area (Å²) in [7, 11) is 0. The van der Waals surface area contributed by atoms with Crippen LogP contribution in [0.5, 0.6) is 0 Å². The number of fused-ring (bicyclic) bond motifs is 5. The van der Waals surface area contributed by atoms with Gasteiger partial charge in [0.1, 0.15) is 5.01 Å². The Morgan fingerprint density at radius 2 is 1.77 bits per heavy atom. The molecule has 1 aromatic heterocycles. The van der Waals surface area contributed by atoms with Crippen LogP contribution < -0.4 is 10.2 Å². The molecule has 4 saturated heterocycles. The normalized spacial score (nSPS) is 31.9. The molecular weight excluding hydrogens is 406 g/mol. The molecule has 4 aliphatic rings. The zero-order chi connectivity index (χ0) is 21.6. The topological polar surface area (TPSA) is 116 Å². The van der Waals surface area contributed by atoms with E-state index in [2.05, 4.69) is 34.3 Å². The zero-order valence-corrected chi connectivity index (χ0v) is 18.4. The first-order chi connectivity index (χ1) is 14.3. The molecule has 2 bridgehead atoms. The largest absolute Gasteiger partial charge is 0.481 e. The molecule has 164 valence electrons. The Morgan fingerprint density at radius 3 is 2.30 bits per heavy atom. The van der Waals surface area contributed by atoms with Gasteiger partial charge in [-0.2, -0.15) is 0 Å². The van der Waals surface area contributed by atoms with Crippen molar-refractivity contribution in [3.05, 3.63) is 5.01 Å². The highest BCUT2D eigenvalue weighted by Gasteiger charge is 2.57. The Labute approximate surface area is 179 Å². The molecule has 9 nitrogen and oxygen atoms in total. The SMILES string of the molecule is CC(=O)O.CC(C)c1nnc(N2CC(C(=O)N3[C@@H]4CC[C@H]3[C@H]3CNC[C@H]34)CC2=O)s1. The van der Waals surface area contributed by atoms with Crippen LogP contribution in [-0.4, -0.2) is 69.7 Å². The Kier molecular flexibility index (Phi) is 5.80. The Hall–Kier alpha value is -2.07. The van der Waals surface area contributed by atoms with Gasteiger partial charge in [-0.05, 0) is 24.7 Å². The molecule has 5 atom stereocenters. The maximum Gasteiger partial charge on any atom is 0.300 e. The van der Waals surface area contributed by atoms with Crippen LogP contribution in [0.3, 0.4) is 0 Å². The second kappa shape index (κ2) is 8.22. The lowest BCUT2D eigenvalue weighted by Gasteiger charge is -2.27. The van der Waals surface area contributed by atoms with Gasteiger partial charge in [0.25, 0.3) is 5.97 Å². The molecule has 0 aliphatic carbocycles. The summed E-state index contributed by atoms with van der Waals surface area (Å²) in [5.74, 6) is 0.651. The minimum absolute atomic E-state index is 0.00297. The van der Waals surface area contributed by atoms with E-state index in [9.17, 15) is 9.59 Å². The fourth-order valence-electron chi connectivity index (χ4n) is 5.43. The van der Waals surface area contributed by atoms with E-state index in [1.807, 2.05) is 0 Å². The number of carboxylic acids is 1. The predicted octanol–water partition coefficient (Wildman–Crippen LogP) is 1.31. The number of nitrogens with zero attached hydrogens (tertiary/aromatic N) is 4. The van der Waals surface area contributed by atoms with E-state index < -0.39 is 5.97 Å². The van der Waals surface area contributed by atoms with Crippen molar-refractivity contribution >= 4 is 34.3 Å². The van der Waals surface area contributed by atoms with E-state index in [0.717, 1.165) is 37.9 Å². The Morgan fingerprint density at radius 1 is 1.17 bits per heavy atom. The van der Waals surface area contributed by atoms with Gasteiger partial charge < -0.3 is 15.3 Å².